The number of anilines is 1. The number of aliphatic hydroxyl groups is 1. The van der Waals surface area contributed by atoms with Crippen molar-refractivity contribution in [1.82, 2.24) is 5.32 Å². The van der Waals surface area contributed by atoms with Crippen LogP contribution in [0.25, 0.3) is 0 Å². The van der Waals surface area contributed by atoms with Gasteiger partial charge in [0.2, 0.25) is 0 Å². The molecule has 3 N–H and O–H groups in total. The molecule has 0 aliphatic rings. The number of aliphatic hydroxyl groups excluding tert-OH is 1. The fraction of sp³-hybridized carbons (Fsp3) is 0.273. The van der Waals surface area contributed by atoms with Crippen LogP contribution in [0.5, 0.6) is 0 Å². The molecule has 0 fully saturated rings. The molecule has 2 amide bonds. The molecule has 0 aliphatic heterocycles. The highest BCUT2D eigenvalue weighted by atomic mass is 35.5. The fourth-order valence-corrected chi connectivity index (χ4v) is 1.39. The predicted octanol–water partition coefficient (Wildman–Crippen LogP) is 1.43. The lowest BCUT2D eigenvalue weighted by Gasteiger charge is -2.10. The zero-order valence-corrected chi connectivity index (χ0v) is 11.0. The molecule has 0 aromatic heterocycles. The molecule has 1 aromatic carbocycles. The molecular formula is C11H12Cl2N2O3. The van der Waals surface area contributed by atoms with E-state index in [0.29, 0.717) is 10.7 Å². The predicted molar refractivity (Wildman–Crippen MR) is 69.8 cm³/mol. The van der Waals surface area contributed by atoms with Crippen molar-refractivity contribution in [3.05, 3.63) is 28.2 Å². The van der Waals surface area contributed by atoms with Crippen molar-refractivity contribution in [1.29, 1.82) is 0 Å². The Morgan fingerprint density at radius 1 is 1.28 bits per heavy atom. The standard InChI is InChI=1S/C11H12Cl2N2O3/c1-6(5-16)14-10(17)11(18)15-7-2-3-8(12)9(13)4-7/h2-4,6,16H,5H2,1H3,(H,14,17)(H,15,18). The van der Waals surface area contributed by atoms with Gasteiger partial charge in [-0.1, -0.05) is 23.2 Å². The summed E-state index contributed by atoms with van der Waals surface area (Å²) in [5, 5.41) is 14.1. The molecule has 1 aromatic rings. The van der Waals surface area contributed by atoms with E-state index in [9.17, 15) is 9.59 Å². The van der Waals surface area contributed by atoms with Gasteiger partial charge in [0.1, 0.15) is 0 Å². The third-order valence-electron chi connectivity index (χ3n) is 2.04. The van der Waals surface area contributed by atoms with Crippen LogP contribution in [0.1, 0.15) is 6.92 Å². The smallest absolute Gasteiger partial charge is 0.313 e. The van der Waals surface area contributed by atoms with Crippen LogP contribution in [0.15, 0.2) is 18.2 Å². The summed E-state index contributed by atoms with van der Waals surface area (Å²) in [6.45, 7) is 1.33. The maximum Gasteiger partial charge on any atom is 0.313 e. The maximum absolute atomic E-state index is 11.5. The van der Waals surface area contributed by atoms with E-state index in [-0.39, 0.29) is 11.6 Å². The van der Waals surface area contributed by atoms with Gasteiger partial charge in [-0.2, -0.15) is 0 Å². The fourth-order valence-electron chi connectivity index (χ4n) is 1.10. The Balaban J connectivity index is 2.64. The Kier molecular flexibility index (Phi) is 5.40. The summed E-state index contributed by atoms with van der Waals surface area (Å²) in [5.74, 6) is -1.67. The van der Waals surface area contributed by atoms with Gasteiger partial charge in [-0.25, -0.2) is 0 Å². The maximum atomic E-state index is 11.5. The number of carbonyl (C=O) groups excluding carboxylic acids is 2. The minimum atomic E-state index is -0.839. The van der Waals surface area contributed by atoms with E-state index in [4.69, 9.17) is 28.3 Å². The van der Waals surface area contributed by atoms with Crippen LogP contribution in [0, 0.1) is 0 Å². The molecule has 98 valence electrons. The van der Waals surface area contributed by atoms with Crippen molar-refractivity contribution in [2.45, 2.75) is 13.0 Å². The van der Waals surface area contributed by atoms with Gasteiger partial charge in [-0.05, 0) is 25.1 Å². The first-order valence-electron chi connectivity index (χ1n) is 5.11. The molecule has 18 heavy (non-hydrogen) atoms. The highest BCUT2D eigenvalue weighted by Gasteiger charge is 2.16. The number of hydrogen-bond donors (Lipinski definition) is 3. The Morgan fingerprint density at radius 2 is 1.94 bits per heavy atom. The summed E-state index contributed by atoms with van der Waals surface area (Å²) in [7, 11) is 0. The minimum absolute atomic E-state index is 0.244. The first-order chi connectivity index (χ1) is 8.43. The summed E-state index contributed by atoms with van der Waals surface area (Å²) in [6.07, 6.45) is 0. The summed E-state index contributed by atoms with van der Waals surface area (Å²) in [6, 6.07) is 3.98. The summed E-state index contributed by atoms with van der Waals surface area (Å²) in [5.41, 5.74) is 0.362. The highest BCUT2D eigenvalue weighted by molar-refractivity contribution is 6.42. The zero-order chi connectivity index (χ0) is 13.7. The van der Waals surface area contributed by atoms with E-state index in [1.807, 2.05) is 0 Å². The molecule has 0 saturated carbocycles. The molecule has 0 spiro atoms. The number of nitrogens with one attached hydrogen (secondary N) is 2. The van der Waals surface area contributed by atoms with Crippen LogP contribution in [0.2, 0.25) is 10.0 Å². The monoisotopic (exact) mass is 290 g/mol. The highest BCUT2D eigenvalue weighted by Crippen LogP contribution is 2.24. The quantitative estimate of drug-likeness (QED) is 0.737. The van der Waals surface area contributed by atoms with E-state index in [1.54, 1.807) is 6.92 Å². The molecule has 7 heteroatoms. The lowest BCUT2D eigenvalue weighted by atomic mass is 10.3. The van der Waals surface area contributed by atoms with Crippen LogP contribution in [0.4, 0.5) is 5.69 Å². The molecule has 1 atom stereocenters. The van der Waals surface area contributed by atoms with E-state index < -0.39 is 17.9 Å². The van der Waals surface area contributed by atoms with Gasteiger partial charge in [0, 0.05) is 11.7 Å². The SMILES string of the molecule is CC(CO)NC(=O)C(=O)Nc1ccc(Cl)c(Cl)c1. The van der Waals surface area contributed by atoms with Crippen LogP contribution in [-0.2, 0) is 9.59 Å². The van der Waals surface area contributed by atoms with Crippen LogP contribution >= 0.6 is 23.2 Å². The first-order valence-corrected chi connectivity index (χ1v) is 5.87. The van der Waals surface area contributed by atoms with Crippen molar-refractivity contribution in [3.63, 3.8) is 0 Å². The number of amides is 2. The van der Waals surface area contributed by atoms with E-state index in [0.717, 1.165) is 0 Å². The second-order valence-electron chi connectivity index (χ2n) is 3.64. The average Bonchev–Trinajstić information content (AvgIpc) is 2.33. The zero-order valence-electron chi connectivity index (χ0n) is 9.54. The Morgan fingerprint density at radius 3 is 2.50 bits per heavy atom. The van der Waals surface area contributed by atoms with E-state index in [1.165, 1.54) is 18.2 Å². The number of rotatable bonds is 3. The van der Waals surface area contributed by atoms with Crippen molar-refractivity contribution >= 4 is 40.7 Å². The lowest BCUT2D eigenvalue weighted by Crippen LogP contribution is -2.42. The van der Waals surface area contributed by atoms with Gasteiger partial charge >= 0.3 is 11.8 Å². The third-order valence-corrected chi connectivity index (χ3v) is 2.77. The second-order valence-corrected chi connectivity index (χ2v) is 4.45. The number of halogens is 2. The number of carbonyl (C=O) groups is 2. The Bertz CT molecular complexity index is 466. The van der Waals surface area contributed by atoms with Gasteiger partial charge < -0.3 is 15.7 Å². The van der Waals surface area contributed by atoms with Crippen LogP contribution < -0.4 is 10.6 Å². The summed E-state index contributed by atoms with van der Waals surface area (Å²) in [4.78, 5) is 22.9. The molecular weight excluding hydrogens is 279 g/mol. The number of benzene rings is 1. The van der Waals surface area contributed by atoms with Crippen LogP contribution in [-0.4, -0.2) is 29.6 Å². The Hall–Kier alpha value is -1.30. The lowest BCUT2D eigenvalue weighted by molar-refractivity contribution is -0.136. The molecule has 0 radical (unpaired) electrons. The van der Waals surface area contributed by atoms with Gasteiger partial charge in [0.15, 0.2) is 0 Å². The molecule has 1 unspecified atom stereocenters. The molecule has 1 rings (SSSR count). The molecule has 5 nitrogen and oxygen atoms in total. The second kappa shape index (κ2) is 6.58. The first kappa shape index (κ1) is 14.8. The van der Waals surface area contributed by atoms with Gasteiger partial charge in [-0.3, -0.25) is 9.59 Å². The van der Waals surface area contributed by atoms with Gasteiger partial charge in [0.25, 0.3) is 0 Å². The Labute approximate surface area is 114 Å². The minimum Gasteiger partial charge on any atom is -0.394 e. The van der Waals surface area contributed by atoms with Crippen molar-refractivity contribution in [3.8, 4) is 0 Å². The normalized spacial score (nSPS) is 11.8. The topological polar surface area (TPSA) is 78.4 Å². The largest absolute Gasteiger partial charge is 0.394 e. The van der Waals surface area contributed by atoms with Gasteiger partial charge in [-0.15, -0.1) is 0 Å². The summed E-state index contributed by atoms with van der Waals surface area (Å²) >= 11 is 11.5. The molecule has 0 aliphatic carbocycles. The van der Waals surface area contributed by atoms with E-state index >= 15 is 0 Å². The van der Waals surface area contributed by atoms with Crippen molar-refractivity contribution < 1.29 is 14.7 Å². The molecule has 0 saturated heterocycles. The van der Waals surface area contributed by atoms with Crippen molar-refractivity contribution in [2.75, 3.05) is 11.9 Å². The van der Waals surface area contributed by atoms with Gasteiger partial charge in [0.05, 0.1) is 16.7 Å². The van der Waals surface area contributed by atoms with E-state index in [2.05, 4.69) is 10.6 Å². The molecule has 0 heterocycles. The average molecular weight is 291 g/mol. The van der Waals surface area contributed by atoms with Crippen LogP contribution in [0.3, 0.4) is 0 Å². The van der Waals surface area contributed by atoms with Crippen molar-refractivity contribution in [2.24, 2.45) is 0 Å². The molecule has 0 bridgehead atoms. The number of hydrogen-bond acceptors (Lipinski definition) is 3. The third kappa shape index (κ3) is 4.18. The summed E-state index contributed by atoms with van der Waals surface area (Å²) < 4.78 is 0.